The van der Waals surface area contributed by atoms with Crippen LogP contribution in [-0.4, -0.2) is 10.7 Å². The lowest BCUT2D eigenvalue weighted by Gasteiger charge is -2.41. The molecule has 0 saturated heterocycles. The van der Waals surface area contributed by atoms with Crippen molar-refractivity contribution in [1.29, 1.82) is 0 Å². The standard InChI is InChI=1S/C11H25N3/c1-2-3-5-8-11(14(12)13)9-6-4-7-10-11/h2-10,12-13H2,1H3. The Balaban J connectivity index is 2.43. The predicted molar refractivity (Wildman–Crippen MR) is 60.2 cm³/mol. The van der Waals surface area contributed by atoms with Gasteiger partial charge in [-0.05, 0) is 19.3 Å². The summed E-state index contributed by atoms with van der Waals surface area (Å²) in [5.74, 6) is 11.6. The highest BCUT2D eigenvalue weighted by atomic mass is 15.6. The summed E-state index contributed by atoms with van der Waals surface area (Å²) in [6, 6.07) is 0. The molecule has 4 N–H and O–H groups in total. The van der Waals surface area contributed by atoms with Gasteiger partial charge in [-0.2, -0.15) is 5.12 Å². The van der Waals surface area contributed by atoms with E-state index >= 15 is 0 Å². The maximum absolute atomic E-state index is 5.80. The highest BCUT2D eigenvalue weighted by molar-refractivity contribution is 4.88. The molecule has 0 spiro atoms. The monoisotopic (exact) mass is 199 g/mol. The molecule has 0 amide bonds. The van der Waals surface area contributed by atoms with E-state index in [1.807, 2.05) is 0 Å². The number of nitrogens with zero attached hydrogens (tertiary/aromatic N) is 1. The van der Waals surface area contributed by atoms with Crippen LogP contribution in [0.2, 0.25) is 0 Å². The van der Waals surface area contributed by atoms with Crippen LogP contribution in [0, 0.1) is 0 Å². The molecule has 0 aromatic carbocycles. The second-order valence-corrected chi connectivity index (χ2v) is 4.65. The third-order valence-corrected chi connectivity index (χ3v) is 3.58. The van der Waals surface area contributed by atoms with Gasteiger partial charge in [0.05, 0.1) is 5.54 Å². The van der Waals surface area contributed by atoms with Crippen LogP contribution in [0.15, 0.2) is 0 Å². The smallest absolute Gasteiger partial charge is 0.0505 e. The van der Waals surface area contributed by atoms with Gasteiger partial charge in [0.2, 0.25) is 0 Å². The molecule has 0 aromatic heterocycles. The molecule has 0 radical (unpaired) electrons. The number of hydrogen-bond donors (Lipinski definition) is 2. The molecule has 1 rings (SSSR count). The lowest BCUT2D eigenvalue weighted by Crippen LogP contribution is -2.57. The van der Waals surface area contributed by atoms with E-state index in [-0.39, 0.29) is 5.54 Å². The van der Waals surface area contributed by atoms with Crippen LogP contribution in [-0.2, 0) is 0 Å². The molecular formula is C11H25N3. The van der Waals surface area contributed by atoms with Gasteiger partial charge in [-0.25, -0.2) is 0 Å². The van der Waals surface area contributed by atoms with E-state index in [0.29, 0.717) is 0 Å². The molecule has 1 saturated carbocycles. The molecule has 0 heterocycles. The minimum atomic E-state index is 0.118. The first kappa shape index (κ1) is 12.0. The average Bonchev–Trinajstić information content (AvgIpc) is 2.19. The SMILES string of the molecule is CCCCCC1(N(N)N)CCCCC1. The van der Waals surface area contributed by atoms with Crippen molar-refractivity contribution in [3.05, 3.63) is 0 Å². The van der Waals surface area contributed by atoms with Crippen LogP contribution < -0.4 is 11.7 Å². The molecule has 0 aliphatic heterocycles. The van der Waals surface area contributed by atoms with Crippen LogP contribution in [0.4, 0.5) is 0 Å². The average molecular weight is 199 g/mol. The molecule has 0 atom stereocenters. The Bertz CT molecular complexity index is 151. The van der Waals surface area contributed by atoms with Crippen molar-refractivity contribution in [2.24, 2.45) is 11.7 Å². The highest BCUT2D eigenvalue weighted by Gasteiger charge is 2.34. The Labute approximate surface area is 87.8 Å². The van der Waals surface area contributed by atoms with Gasteiger partial charge < -0.3 is 0 Å². The fraction of sp³-hybridized carbons (Fsp3) is 1.00. The molecule has 84 valence electrons. The third kappa shape index (κ3) is 2.94. The Morgan fingerprint density at radius 3 is 2.21 bits per heavy atom. The molecule has 3 nitrogen and oxygen atoms in total. The van der Waals surface area contributed by atoms with Gasteiger partial charge in [-0.1, -0.05) is 45.4 Å². The number of unbranched alkanes of at least 4 members (excludes halogenated alkanes) is 2. The first-order valence-electron chi connectivity index (χ1n) is 6.01. The highest BCUT2D eigenvalue weighted by Crippen LogP contribution is 2.34. The second kappa shape index (κ2) is 5.69. The van der Waals surface area contributed by atoms with Gasteiger partial charge in [0.1, 0.15) is 0 Å². The Morgan fingerprint density at radius 1 is 1.07 bits per heavy atom. The van der Waals surface area contributed by atoms with Gasteiger partial charge in [0.15, 0.2) is 0 Å². The van der Waals surface area contributed by atoms with Gasteiger partial charge >= 0.3 is 0 Å². The maximum Gasteiger partial charge on any atom is 0.0505 e. The van der Waals surface area contributed by atoms with Gasteiger partial charge in [-0.15, -0.1) is 0 Å². The summed E-state index contributed by atoms with van der Waals surface area (Å²) in [7, 11) is 0. The second-order valence-electron chi connectivity index (χ2n) is 4.65. The summed E-state index contributed by atoms with van der Waals surface area (Å²) in [4.78, 5) is 0. The van der Waals surface area contributed by atoms with Crippen molar-refractivity contribution < 1.29 is 0 Å². The minimum absolute atomic E-state index is 0.118. The normalized spacial score (nSPS) is 21.4. The molecule has 14 heavy (non-hydrogen) atoms. The summed E-state index contributed by atoms with van der Waals surface area (Å²) in [6.45, 7) is 2.23. The van der Waals surface area contributed by atoms with Crippen LogP contribution in [0.25, 0.3) is 0 Å². The minimum Gasteiger partial charge on any atom is -0.255 e. The van der Waals surface area contributed by atoms with Crippen molar-refractivity contribution in [2.45, 2.75) is 70.3 Å². The van der Waals surface area contributed by atoms with Crippen LogP contribution >= 0.6 is 0 Å². The van der Waals surface area contributed by atoms with Crippen molar-refractivity contribution >= 4 is 0 Å². The summed E-state index contributed by atoms with van der Waals surface area (Å²) < 4.78 is 0. The lowest BCUT2D eigenvalue weighted by atomic mass is 9.78. The molecule has 0 unspecified atom stereocenters. The topological polar surface area (TPSA) is 55.3 Å². The van der Waals surface area contributed by atoms with E-state index in [0.717, 1.165) is 0 Å². The number of rotatable bonds is 5. The van der Waals surface area contributed by atoms with Crippen LogP contribution in [0.5, 0.6) is 0 Å². The summed E-state index contributed by atoms with van der Waals surface area (Å²) in [5.41, 5.74) is 0.118. The lowest BCUT2D eigenvalue weighted by molar-refractivity contribution is 0.0386. The largest absolute Gasteiger partial charge is 0.255 e. The summed E-state index contributed by atoms with van der Waals surface area (Å²) in [5, 5.41) is 1.50. The van der Waals surface area contributed by atoms with Crippen LogP contribution in [0.1, 0.15) is 64.7 Å². The first-order valence-corrected chi connectivity index (χ1v) is 6.01. The van der Waals surface area contributed by atoms with Crippen molar-refractivity contribution in [2.75, 3.05) is 0 Å². The number of hydrogen-bond acceptors (Lipinski definition) is 3. The molecule has 1 aliphatic rings. The third-order valence-electron chi connectivity index (χ3n) is 3.58. The van der Waals surface area contributed by atoms with E-state index in [4.69, 9.17) is 11.7 Å². The summed E-state index contributed by atoms with van der Waals surface area (Å²) >= 11 is 0. The zero-order valence-corrected chi connectivity index (χ0v) is 9.47. The van der Waals surface area contributed by atoms with Gasteiger partial charge in [0.25, 0.3) is 0 Å². The van der Waals surface area contributed by atoms with Crippen molar-refractivity contribution in [3.8, 4) is 0 Å². The van der Waals surface area contributed by atoms with E-state index in [1.165, 1.54) is 62.9 Å². The zero-order valence-electron chi connectivity index (χ0n) is 9.47. The first-order chi connectivity index (χ1) is 6.71. The molecule has 0 bridgehead atoms. The Morgan fingerprint density at radius 2 is 1.71 bits per heavy atom. The molecular weight excluding hydrogens is 174 g/mol. The predicted octanol–water partition coefficient (Wildman–Crippen LogP) is 2.32. The Hall–Kier alpha value is -0.120. The summed E-state index contributed by atoms with van der Waals surface area (Å²) in [6.07, 6.45) is 11.3. The molecule has 0 aromatic rings. The zero-order chi connectivity index (χ0) is 10.4. The van der Waals surface area contributed by atoms with Crippen molar-refractivity contribution in [1.82, 2.24) is 5.12 Å². The maximum atomic E-state index is 5.80. The van der Waals surface area contributed by atoms with Gasteiger partial charge in [-0.3, -0.25) is 11.7 Å². The van der Waals surface area contributed by atoms with Gasteiger partial charge in [0, 0.05) is 0 Å². The quantitative estimate of drug-likeness (QED) is 0.406. The van der Waals surface area contributed by atoms with Crippen molar-refractivity contribution in [3.63, 3.8) is 0 Å². The molecule has 1 fully saturated rings. The van der Waals surface area contributed by atoms with Crippen LogP contribution in [0.3, 0.4) is 0 Å². The molecule has 1 aliphatic carbocycles. The Kier molecular flexibility index (Phi) is 4.85. The number of hydrazine groups is 2. The van der Waals surface area contributed by atoms with E-state index in [2.05, 4.69) is 6.92 Å². The fourth-order valence-corrected chi connectivity index (χ4v) is 2.55. The van der Waals surface area contributed by atoms with E-state index in [9.17, 15) is 0 Å². The molecule has 3 heteroatoms. The number of nitrogens with two attached hydrogens (primary N) is 2. The fourth-order valence-electron chi connectivity index (χ4n) is 2.55. The van der Waals surface area contributed by atoms with E-state index < -0.39 is 0 Å². The van der Waals surface area contributed by atoms with E-state index in [1.54, 1.807) is 0 Å².